The minimum atomic E-state index is -1.56. The van der Waals surface area contributed by atoms with Gasteiger partial charge in [-0.2, -0.15) is 0 Å². The van der Waals surface area contributed by atoms with Crippen LogP contribution in [-0.4, -0.2) is 30.8 Å². The van der Waals surface area contributed by atoms with E-state index in [4.69, 9.17) is 5.11 Å². The molecule has 0 spiro atoms. The van der Waals surface area contributed by atoms with Gasteiger partial charge in [-0.25, -0.2) is 19.1 Å². The van der Waals surface area contributed by atoms with E-state index in [1.807, 2.05) is 0 Å². The number of benzene rings is 1. The number of nitro benzene ring substituents is 1. The summed E-state index contributed by atoms with van der Waals surface area (Å²) in [5.74, 6) is -2.77. The second kappa shape index (κ2) is 5.36. The zero-order chi connectivity index (χ0) is 15.7. The Labute approximate surface area is 119 Å². The summed E-state index contributed by atoms with van der Waals surface area (Å²) in [7, 11) is 1.38. The first-order valence-electron chi connectivity index (χ1n) is 5.31. The molecule has 0 aliphatic heterocycles. The summed E-state index contributed by atoms with van der Waals surface area (Å²) in [6, 6.07) is 1.36. The van der Waals surface area contributed by atoms with Gasteiger partial charge in [0.05, 0.1) is 21.4 Å². The van der Waals surface area contributed by atoms with Crippen LogP contribution >= 0.6 is 11.8 Å². The van der Waals surface area contributed by atoms with E-state index >= 15 is 0 Å². The summed E-state index contributed by atoms with van der Waals surface area (Å²) in [5.41, 5.74) is -1.86. The molecule has 0 radical (unpaired) electrons. The quantitative estimate of drug-likeness (QED) is 0.635. The lowest BCUT2D eigenvalue weighted by Crippen LogP contribution is -2.12. The zero-order valence-electron chi connectivity index (χ0n) is 10.4. The number of nitro groups is 1. The number of H-pyrrole nitrogens is 1. The van der Waals surface area contributed by atoms with Gasteiger partial charge in [0.1, 0.15) is 5.82 Å². The van der Waals surface area contributed by atoms with Gasteiger partial charge in [0.2, 0.25) is 0 Å². The molecule has 2 N–H and O–H groups in total. The Morgan fingerprint density at radius 2 is 2.24 bits per heavy atom. The predicted octanol–water partition coefficient (Wildman–Crippen LogP) is 1.01. The molecule has 1 aromatic heterocycles. The number of rotatable bonds is 4. The molecule has 0 aliphatic carbocycles. The van der Waals surface area contributed by atoms with Crippen LogP contribution in [0.3, 0.4) is 0 Å². The van der Waals surface area contributed by atoms with Crippen molar-refractivity contribution in [2.75, 3.05) is 0 Å². The molecular formula is C10H7FN4O5S. The van der Waals surface area contributed by atoms with E-state index < -0.39 is 33.7 Å². The van der Waals surface area contributed by atoms with Gasteiger partial charge >= 0.3 is 11.7 Å². The molecule has 0 unspecified atom stereocenters. The summed E-state index contributed by atoms with van der Waals surface area (Å²) in [6.45, 7) is 0. The third-order valence-electron chi connectivity index (χ3n) is 2.52. The van der Waals surface area contributed by atoms with Crippen LogP contribution in [0.25, 0.3) is 0 Å². The van der Waals surface area contributed by atoms with E-state index in [2.05, 4.69) is 10.2 Å². The van der Waals surface area contributed by atoms with Gasteiger partial charge in [-0.1, -0.05) is 0 Å². The molecule has 0 amide bonds. The Bertz CT molecular complexity index is 799. The number of aromatic amines is 1. The van der Waals surface area contributed by atoms with E-state index in [1.54, 1.807) is 0 Å². The van der Waals surface area contributed by atoms with E-state index in [-0.39, 0.29) is 10.1 Å². The number of hydrogen-bond donors (Lipinski definition) is 2. The Morgan fingerprint density at radius 1 is 1.57 bits per heavy atom. The Hall–Kier alpha value is -2.69. The Morgan fingerprint density at radius 3 is 2.71 bits per heavy atom. The third-order valence-corrected chi connectivity index (χ3v) is 3.61. The predicted molar refractivity (Wildman–Crippen MR) is 68.0 cm³/mol. The number of nitrogens with one attached hydrogen (secondary N) is 1. The zero-order valence-corrected chi connectivity index (χ0v) is 11.2. The molecule has 1 aromatic carbocycles. The van der Waals surface area contributed by atoms with E-state index in [0.29, 0.717) is 17.8 Å². The van der Waals surface area contributed by atoms with Gasteiger partial charge in [-0.3, -0.25) is 14.7 Å². The van der Waals surface area contributed by atoms with Crippen molar-refractivity contribution in [2.24, 2.45) is 7.05 Å². The van der Waals surface area contributed by atoms with Crippen LogP contribution in [0.5, 0.6) is 0 Å². The first kappa shape index (κ1) is 14.7. The molecule has 1 heterocycles. The van der Waals surface area contributed by atoms with Gasteiger partial charge in [-0.15, -0.1) is 5.10 Å². The maximum Gasteiger partial charge on any atom is 0.343 e. The summed E-state index contributed by atoms with van der Waals surface area (Å²) < 4.78 is 14.6. The fraction of sp³-hybridized carbons (Fsp3) is 0.100. The first-order valence-corrected chi connectivity index (χ1v) is 6.13. The Balaban J connectivity index is 2.57. The standard InChI is InChI=1S/C10H7FN4O5S/c1-14-9(18)12-13-10(14)21-7-2-4(8(16)17)5(11)3-6(7)15(19)20/h2-3H,1H3,(H,12,18)(H,16,17). The van der Waals surface area contributed by atoms with Gasteiger partial charge in [0.25, 0.3) is 5.69 Å². The van der Waals surface area contributed by atoms with Crippen LogP contribution in [-0.2, 0) is 7.05 Å². The van der Waals surface area contributed by atoms with Crippen LogP contribution in [0, 0.1) is 15.9 Å². The first-order chi connectivity index (χ1) is 9.81. The monoisotopic (exact) mass is 314 g/mol. The number of aromatic carboxylic acids is 1. The summed E-state index contributed by atoms with van der Waals surface area (Å²) in [6.07, 6.45) is 0. The van der Waals surface area contributed by atoms with Crippen molar-refractivity contribution >= 4 is 23.4 Å². The maximum atomic E-state index is 13.5. The number of carboxylic acid groups (broad SMARTS) is 1. The van der Waals surface area contributed by atoms with Crippen LogP contribution in [0.2, 0.25) is 0 Å². The van der Waals surface area contributed by atoms with Gasteiger partial charge in [0, 0.05) is 7.05 Å². The molecule has 0 fully saturated rings. The van der Waals surface area contributed by atoms with Crippen molar-refractivity contribution in [1.82, 2.24) is 14.8 Å². The largest absolute Gasteiger partial charge is 0.478 e. The number of hydrogen-bond acceptors (Lipinski definition) is 6. The molecule has 2 aromatic rings. The highest BCUT2D eigenvalue weighted by Gasteiger charge is 2.23. The smallest absolute Gasteiger partial charge is 0.343 e. The minimum Gasteiger partial charge on any atom is -0.478 e. The van der Waals surface area contributed by atoms with Crippen molar-refractivity contribution in [3.63, 3.8) is 0 Å². The topological polar surface area (TPSA) is 131 Å². The molecule has 0 bridgehead atoms. The van der Waals surface area contributed by atoms with E-state index in [0.717, 1.165) is 10.6 Å². The molecule has 0 saturated heterocycles. The molecule has 0 saturated carbocycles. The van der Waals surface area contributed by atoms with Crippen LogP contribution in [0.1, 0.15) is 10.4 Å². The third kappa shape index (κ3) is 2.76. The lowest BCUT2D eigenvalue weighted by atomic mass is 10.2. The molecular weight excluding hydrogens is 307 g/mol. The van der Waals surface area contributed by atoms with Gasteiger partial charge in [-0.05, 0) is 17.8 Å². The van der Waals surface area contributed by atoms with Gasteiger partial charge in [0.15, 0.2) is 5.16 Å². The molecule has 110 valence electrons. The fourth-order valence-electron chi connectivity index (χ4n) is 1.45. The highest BCUT2D eigenvalue weighted by atomic mass is 32.2. The van der Waals surface area contributed by atoms with E-state index in [9.17, 15) is 24.1 Å². The average molecular weight is 314 g/mol. The maximum absolute atomic E-state index is 13.5. The highest BCUT2D eigenvalue weighted by molar-refractivity contribution is 7.99. The molecule has 21 heavy (non-hydrogen) atoms. The van der Waals surface area contributed by atoms with Crippen molar-refractivity contribution in [3.8, 4) is 0 Å². The van der Waals surface area contributed by atoms with Crippen LogP contribution in [0.4, 0.5) is 10.1 Å². The number of halogens is 1. The SMILES string of the molecule is Cn1c(Sc2cc(C(=O)O)c(F)cc2[N+](=O)[O-])n[nH]c1=O. The molecule has 0 atom stereocenters. The van der Waals surface area contributed by atoms with Crippen molar-refractivity contribution < 1.29 is 19.2 Å². The highest BCUT2D eigenvalue weighted by Crippen LogP contribution is 2.35. The van der Waals surface area contributed by atoms with Crippen LogP contribution < -0.4 is 5.69 Å². The van der Waals surface area contributed by atoms with Crippen molar-refractivity contribution in [1.29, 1.82) is 0 Å². The lowest BCUT2D eigenvalue weighted by molar-refractivity contribution is -0.387. The summed E-state index contributed by atoms with van der Waals surface area (Å²) >= 11 is 0.679. The molecule has 9 nitrogen and oxygen atoms in total. The molecule has 11 heteroatoms. The van der Waals surface area contributed by atoms with E-state index in [1.165, 1.54) is 7.05 Å². The second-order valence-electron chi connectivity index (χ2n) is 3.83. The number of carboxylic acids is 1. The van der Waals surface area contributed by atoms with Crippen LogP contribution in [0.15, 0.2) is 27.0 Å². The Kier molecular flexibility index (Phi) is 3.76. The minimum absolute atomic E-state index is 0.0750. The molecule has 0 aliphatic rings. The average Bonchev–Trinajstić information content (AvgIpc) is 2.71. The number of aromatic nitrogens is 3. The lowest BCUT2D eigenvalue weighted by Gasteiger charge is -2.04. The summed E-state index contributed by atoms with van der Waals surface area (Å²) in [5, 5.41) is 25.6. The van der Waals surface area contributed by atoms with Crippen molar-refractivity contribution in [2.45, 2.75) is 10.1 Å². The molecule has 2 rings (SSSR count). The fourth-order valence-corrected chi connectivity index (χ4v) is 2.38. The van der Waals surface area contributed by atoms with Crippen molar-refractivity contribution in [3.05, 3.63) is 44.1 Å². The van der Waals surface area contributed by atoms with Gasteiger partial charge < -0.3 is 5.11 Å². The normalized spacial score (nSPS) is 10.6. The number of nitrogens with zero attached hydrogens (tertiary/aromatic N) is 3. The number of carbonyl (C=O) groups is 1. The summed E-state index contributed by atoms with van der Waals surface area (Å²) in [4.78, 5) is 32.0. The second-order valence-corrected chi connectivity index (χ2v) is 4.84.